The van der Waals surface area contributed by atoms with E-state index in [4.69, 9.17) is 0 Å². The molecule has 7 nitrogen and oxygen atoms in total. The molecule has 2 fully saturated rings. The summed E-state index contributed by atoms with van der Waals surface area (Å²) in [5.74, 6) is -0.148. The Kier molecular flexibility index (Phi) is 5.85. The van der Waals surface area contributed by atoms with Crippen LogP contribution in [0.2, 0.25) is 0 Å². The highest BCUT2D eigenvalue weighted by molar-refractivity contribution is 6.06. The van der Waals surface area contributed by atoms with Crippen LogP contribution in [0.3, 0.4) is 0 Å². The third-order valence-corrected chi connectivity index (χ3v) is 6.22. The van der Waals surface area contributed by atoms with E-state index in [1.165, 1.54) is 17.0 Å². The van der Waals surface area contributed by atoms with Crippen molar-refractivity contribution < 1.29 is 19.1 Å². The summed E-state index contributed by atoms with van der Waals surface area (Å²) in [6.45, 7) is 3.10. The van der Waals surface area contributed by atoms with Gasteiger partial charge in [0.2, 0.25) is 11.8 Å². The van der Waals surface area contributed by atoms with E-state index in [1.807, 2.05) is 6.92 Å². The highest BCUT2D eigenvalue weighted by atomic mass is 19.1. The van der Waals surface area contributed by atoms with E-state index < -0.39 is 11.9 Å². The van der Waals surface area contributed by atoms with Gasteiger partial charge in [0.15, 0.2) is 5.96 Å². The van der Waals surface area contributed by atoms with Crippen LogP contribution >= 0.6 is 0 Å². The van der Waals surface area contributed by atoms with Crippen LogP contribution in [0.4, 0.5) is 4.39 Å². The van der Waals surface area contributed by atoms with Crippen LogP contribution in [0, 0.1) is 29.5 Å². The Morgan fingerprint density at radius 3 is 2.50 bits per heavy atom. The lowest BCUT2D eigenvalue weighted by molar-refractivity contribution is -0.140. The van der Waals surface area contributed by atoms with Crippen molar-refractivity contribution in [1.29, 1.82) is 0 Å². The minimum atomic E-state index is -1.06. The van der Waals surface area contributed by atoms with E-state index in [2.05, 4.69) is 27.8 Å². The number of likely N-dealkylation sites (tertiary alicyclic amines) is 1. The zero-order chi connectivity index (χ0) is 21.3. The highest BCUT2D eigenvalue weighted by Gasteiger charge is 2.58. The Bertz CT molecular complexity index is 857. The number of allylic oxidation sites excluding steroid dienone is 2. The first-order valence-corrected chi connectivity index (χ1v) is 10.5. The van der Waals surface area contributed by atoms with Gasteiger partial charge in [0, 0.05) is 25.2 Å². The van der Waals surface area contributed by atoms with Crippen LogP contribution < -0.4 is 10.6 Å². The lowest BCUT2D eigenvalue weighted by Gasteiger charge is -2.19. The molecule has 0 aromatic heterocycles. The third-order valence-electron chi connectivity index (χ3n) is 6.22. The molecule has 4 rings (SSSR count). The summed E-state index contributed by atoms with van der Waals surface area (Å²) in [5.41, 5.74) is 0.195. The fraction of sp³-hybridized carbons (Fsp3) is 0.500. The molecule has 5 unspecified atom stereocenters. The molecule has 1 aliphatic heterocycles. The number of rotatable bonds is 7. The van der Waals surface area contributed by atoms with E-state index in [0.29, 0.717) is 19.0 Å². The second-order valence-corrected chi connectivity index (χ2v) is 8.01. The number of benzene rings is 1. The molecular weight excluding hydrogens is 387 g/mol. The molecule has 5 atom stereocenters. The van der Waals surface area contributed by atoms with Crippen LogP contribution in [0.1, 0.15) is 25.0 Å². The standard InChI is InChI=1S/C22H27FN4O3/c1-2-24-22(26-12-17(28)15-5-3-4-6-16(15)23)25-9-10-27-20(29)18-13-7-8-14(11-13)19(18)21(27)30/h3-8,13-14,17-19,28H,2,9-12H2,1H3,(H2,24,25,26). The zero-order valence-electron chi connectivity index (χ0n) is 16.9. The SMILES string of the molecule is CCNC(=NCC(O)c1ccccc1F)NCCN1C(=O)C2C3C=CC(C3)C2C1=O. The van der Waals surface area contributed by atoms with Gasteiger partial charge < -0.3 is 15.7 Å². The molecule has 1 saturated heterocycles. The van der Waals surface area contributed by atoms with Crippen molar-refractivity contribution in [3.63, 3.8) is 0 Å². The Hall–Kier alpha value is -2.74. The first-order chi connectivity index (χ1) is 14.5. The van der Waals surface area contributed by atoms with Gasteiger partial charge in [-0.2, -0.15) is 0 Å². The van der Waals surface area contributed by atoms with Gasteiger partial charge in [-0.25, -0.2) is 4.39 Å². The summed E-state index contributed by atoms with van der Waals surface area (Å²) in [5, 5.41) is 16.4. The lowest BCUT2D eigenvalue weighted by atomic mass is 9.85. The monoisotopic (exact) mass is 414 g/mol. The topological polar surface area (TPSA) is 94.0 Å². The van der Waals surface area contributed by atoms with Gasteiger partial charge in [0.25, 0.3) is 0 Å². The quantitative estimate of drug-likeness (QED) is 0.270. The van der Waals surface area contributed by atoms with E-state index >= 15 is 0 Å². The summed E-state index contributed by atoms with van der Waals surface area (Å²) in [7, 11) is 0. The molecule has 3 N–H and O–H groups in total. The average molecular weight is 414 g/mol. The maximum atomic E-state index is 13.8. The van der Waals surface area contributed by atoms with Gasteiger partial charge in [-0.15, -0.1) is 0 Å². The molecule has 1 saturated carbocycles. The van der Waals surface area contributed by atoms with E-state index in [-0.39, 0.29) is 54.1 Å². The largest absolute Gasteiger partial charge is 0.386 e. The van der Waals surface area contributed by atoms with E-state index in [0.717, 1.165) is 6.42 Å². The van der Waals surface area contributed by atoms with Crippen LogP contribution in [-0.2, 0) is 9.59 Å². The van der Waals surface area contributed by atoms with Crippen LogP contribution in [0.5, 0.6) is 0 Å². The van der Waals surface area contributed by atoms with E-state index in [9.17, 15) is 19.1 Å². The minimum absolute atomic E-state index is 0.0168. The van der Waals surface area contributed by atoms with Crippen molar-refractivity contribution in [2.75, 3.05) is 26.2 Å². The number of aliphatic hydroxyl groups is 1. The van der Waals surface area contributed by atoms with Crippen molar-refractivity contribution >= 4 is 17.8 Å². The third kappa shape index (κ3) is 3.71. The van der Waals surface area contributed by atoms with Gasteiger partial charge in [0.1, 0.15) is 11.9 Å². The first-order valence-electron chi connectivity index (χ1n) is 10.5. The maximum Gasteiger partial charge on any atom is 0.233 e. The summed E-state index contributed by atoms with van der Waals surface area (Å²) >= 11 is 0. The lowest BCUT2D eigenvalue weighted by Crippen LogP contribution is -2.43. The smallest absolute Gasteiger partial charge is 0.233 e. The number of guanidine groups is 1. The summed E-state index contributed by atoms with van der Waals surface area (Å²) < 4.78 is 13.8. The number of hydrogen-bond donors (Lipinski definition) is 3. The van der Waals surface area contributed by atoms with Gasteiger partial charge >= 0.3 is 0 Å². The molecule has 0 radical (unpaired) electrons. The number of nitrogens with one attached hydrogen (secondary N) is 2. The molecular formula is C22H27FN4O3. The molecule has 3 aliphatic rings. The Morgan fingerprint density at radius 2 is 1.87 bits per heavy atom. The predicted octanol–water partition coefficient (Wildman–Crippen LogP) is 1.22. The number of fused-ring (bicyclic) bond motifs is 5. The molecule has 1 heterocycles. The van der Waals surface area contributed by atoms with E-state index in [1.54, 1.807) is 12.1 Å². The zero-order valence-corrected chi connectivity index (χ0v) is 16.9. The summed E-state index contributed by atoms with van der Waals surface area (Å²) in [6, 6.07) is 6.05. The van der Waals surface area contributed by atoms with Crippen molar-refractivity contribution in [2.45, 2.75) is 19.4 Å². The Labute approximate surface area is 175 Å². The number of nitrogens with zero attached hydrogens (tertiary/aromatic N) is 2. The highest BCUT2D eigenvalue weighted by Crippen LogP contribution is 2.52. The predicted molar refractivity (Wildman–Crippen MR) is 110 cm³/mol. The molecule has 160 valence electrons. The Morgan fingerprint density at radius 1 is 1.20 bits per heavy atom. The first kappa shape index (κ1) is 20.5. The van der Waals surface area contributed by atoms with Gasteiger partial charge in [-0.1, -0.05) is 30.4 Å². The van der Waals surface area contributed by atoms with Gasteiger partial charge in [-0.3, -0.25) is 19.5 Å². The number of carbonyl (C=O) groups excluding carboxylic acids is 2. The number of aliphatic hydroxyl groups excluding tert-OH is 1. The number of amides is 2. The van der Waals surface area contributed by atoms with Crippen LogP contribution in [0.25, 0.3) is 0 Å². The van der Waals surface area contributed by atoms with Crippen molar-refractivity contribution in [1.82, 2.24) is 15.5 Å². The second-order valence-electron chi connectivity index (χ2n) is 8.01. The van der Waals surface area contributed by atoms with Crippen LogP contribution in [0.15, 0.2) is 41.4 Å². The van der Waals surface area contributed by atoms with Crippen molar-refractivity contribution in [3.8, 4) is 0 Å². The number of carbonyl (C=O) groups is 2. The fourth-order valence-corrected chi connectivity index (χ4v) is 4.83. The Balaban J connectivity index is 1.32. The molecule has 2 bridgehead atoms. The second kappa shape index (κ2) is 8.55. The molecule has 1 aromatic rings. The van der Waals surface area contributed by atoms with Crippen molar-refractivity contribution in [2.24, 2.45) is 28.7 Å². The molecule has 8 heteroatoms. The summed E-state index contributed by atoms with van der Waals surface area (Å²) in [6.07, 6.45) is 4.01. The van der Waals surface area contributed by atoms with Gasteiger partial charge in [-0.05, 0) is 31.2 Å². The number of imide groups is 1. The minimum Gasteiger partial charge on any atom is -0.386 e. The molecule has 30 heavy (non-hydrogen) atoms. The van der Waals surface area contributed by atoms with Crippen molar-refractivity contribution in [3.05, 3.63) is 47.8 Å². The average Bonchev–Trinajstić information content (AvgIpc) is 3.41. The molecule has 1 aromatic carbocycles. The number of hydrogen-bond acceptors (Lipinski definition) is 4. The molecule has 0 spiro atoms. The molecule has 2 amide bonds. The maximum absolute atomic E-state index is 13.8. The number of halogens is 1. The van der Waals surface area contributed by atoms with Gasteiger partial charge in [0.05, 0.1) is 18.4 Å². The summed E-state index contributed by atoms with van der Waals surface area (Å²) in [4.78, 5) is 31.1. The normalized spacial score (nSPS) is 28.2. The number of aliphatic imine (C=N–C) groups is 1. The molecule has 2 aliphatic carbocycles. The fourth-order valence-electron chi connectivity index (χ4n) is 4.83. The van der Waals surface area contributed by atoms with Crippen LogP contribution in [-0.4, -0.2) is 54.0 Å².